The van der Waals surface area contributed by atoms with E-state index >= 15 is 0 Å². The molecule has 2 N–H and O–H groups in total. The van der Waals surface area contributed by atoms with E-state index in [1.165, 1.54) is 12.1 Å². The summed E-state index contributed by atoms with van der Waals surface area (Å²) in [6.07, 6.45) is 5.07. The van der Waals surface area contributed by atoms with E-state index in [-0.39, 0.29) is 29.4 Å². The summed E-state index contributed by atoms with van der Waals surface area (Å²) in [5, 5.41) is 3.67. The van der Waals surface area contributed by atoms with Crippen LogP contribution in [-0.2, 0) is 11.2 Å². The molecule has 1 fully saturated rings. The number of carbonyl (C=O) groups excluding carboxylic acids is 1. The predicted octanol–water partition coefficient (Wildman–Crippen LogP) is 3.89. The molecule has 1 aromatic heterocycles. The molecule has 4 rings (SSSR count). The van der Waals surface area contributed by atoms with Crippen molar-refractivity contribution in [3.05, 3.63) is 70.5 Å². The SMILES string of the molecule is O=C(CCCc1nc2ccccc2c(=O)[nH]1)NC1CCC(Oc2ccc(F)cc2)CC1. The smallest absolute Gasteiger partial charge is 0.258 e. The average molecular weight is 423 g/mol. The molecular weight excluding hydrogens is 397 g/mol. The van der Waals surface area contributed by atoms with Crippen LogP contribution < -0.4 is 15.6 Å². The Morgan fingerprint density at radius 2 is 1.84 bits per heavy atom. The van der Waals surface area contributed by atoms with Gasteiger partial charge in [-0.05, 0) is 68.5 Å². The van der Waals surface area contributed by atoms with Crippen molar-refractivity contribution in [3.63, 3.8) is 0 Å². The fourth-order valence-corrected chi connectivity index (χ4v) is 4.00. The first-order valence-electron chi connectivity index (χ1n) is 10.8. The van der Waals surface area contributed by atoms with Crippen molar-refractivity contribution < 1.29 is 13.9 Å². The second-order valence-corrected chi connectivity index (χ2v) is 8.00. The van der Waals surface area contributed by atoms with Crippen molar-refractivity contribution in [1.82, 2.24) is 15.3 Å². The van der Waals surface area contributed by atoms with Crippen LogP contribution in [0.15, 0.2) is 53.3 Å². The molecular formula is C24H26FN3O3. The third-order valence-corrected chi connectivity index (χ3v) is 5.64. The Balaban J connectivity index is 1.19. The molecule has 1 saturated carbocycles. The lowest BCUT2D eigenvalue weighted by Gasteiger charge is -2.29. The molecule has 7 heteroatoms. The zero-order chi connectivity index (χ0) is 21.6. The quantitative estimate of drug-likeness (QED) is 0.604. The number of rotatable bonds is 7. The number of benzene rings is 2. The summed E-state index contributed by atoms with van der Waals surface area (Å²) in [5.41, 5.74) is 0.523. The van der Waals surface area contributed by atoms with Crippen LogP contribution in [0.2, 0.25) is 0 Å². The summed E-state index contributed by atoms with van der Waals surface area (Å²) in [6.45, 7) is 0. The molecule has 1 heterocycles. The molecule has 162 valence electrons. The number of aromatic amines is 1. The van der Waals surface area contributed by atoms with Crippen molar-refractivity contribution in [2.75, 3.05) is 0 Å². The number of carbonyl (C=O) groups is 1. The number of H-pyrrole nitrogens is 1. The molecule has 1 aliphatic carbocycles. The highest BCUT2D eigenvalue weighted by Gasteiger charge is 2.23. The van der Waals surface area contributed by atoms with Crippen LogP contribution in [0.3, 0.4) is 0 Å². The number of halogens is 1. The fraction of sp³-hybridized carbons (Fsp3) is 0.375. The second kappa shape index (κ2) is 9.73. The summed E-state index contributed by atoms with van der Waals surface area (Å²) in [7, 11) is 0. The average Bonchev–Trinajstić information content (AvgIpc) is 2.77. The largest absolute Gasteiger partial charge is 0.490 e. The molecule has 0 aliphatic heterocycles. The molecule has 31 heavy (non-hydrogen) atoms. The number of fused-ring (bicyclic) bond motifs is 1. The van der Waals surface area contributed by atoms with Crippen molar-refractivity contribution in [2.24, 2.45) is 0 Å². The van der Waals surface area contributed by atoms with E-state index in [0.29, 0.717) is 41.7 Å². The maximum atomic E-state index is 13.0. The van der Waals surface area contributed by atoms with Crippen LogP contribution in [-0.4, -0.2) is 28.0 Å². The Morgan fingerprint density at radius 1 is 1.10 bits per heavy atom. The summed E-state index contributed by atoms with van der Waals surface area (Å²) in [5.74, 6) is 1.02. The fourth-order valence-electron chi connectivity index (χ4n) is 4.00. The molecule has 1 amide bonds. The minimum atomic E-state index is -0.276. The molecule has 6 nitrogen and oxygen atoms in total. The second-order valence-electron chi connectivity index (χ2n) is 8.00. The number of hydrogen-bond donors (Lipinski definition) is 2. The van der Waals surface area contributed by atoms with Crippen LogP contribution >= 0.6 is 0 Å². The highest BCUT2D eigenvalue weighted by Crippen LogP contribution is 2.24. The Labute approximate surface area is 179 Å². The summed E-state index contributed by atoms with van der Waals surface area (Å²) in [4.78, 5) is 31.7. The van der Waals surface area contributed by atoms with Crippen molar-refractivity contribution >= 4 is 16.8 Å². The normalized spacial score (nSPS) is 18.6. The Hall–Kier alpha value is -3.22. The van der Waals surface area contributed by atoms with E-state index in [2.05, 4.69) is 15.3 Å². The Morgan fingerprint density at radius 3 is 2.61 bits per heavy atom. The molecule has 3 aromatic rings. The third-order valence-electron chi connectivity index (χ3n) is 5.64. The first-order chi connectivity index (χ1) is 15.1. The van der Waals surface area contributed by atoms with E-state index in [1.54, 1.807) is 18.2 Å². The number of nitrogens with one attached hydrogen (secondary N) is 2. The molecule has 0 bridgehead atoms. The molecule has 0 unspecified atom stereocenters. The Kier molecular flexibility index (Phi) is 6.60. The molecule has 2 aromatic carbocycles. The predicted molar refractivity (Wildman–Crippen MR) is 117 cm³/mol. The van der Waals surface area contributed by atoms with Gasteiger partial charge in [0, 0.05) is 18.9 Å². The van der Waals surface area contributed by atoms with Gasteiger partial charge in [0.2, 0.25) is 5.91 Å². The summed E-state index contributed by atoms with van der Waals surface area (Å²) in [6, 6.07) is 13.4. The van der Waals surface area contributed by atoms with Gasteiger partial charge >= 0.3 is 0 Å². The number of para-hydroxylation sites is 1. The van der Waals surface area contributed by atoms with Crippen molar-refractivity contribution in [2.45, 2.75) is 57.1 Å². The van der Waals surface area contributed by atoms with Gasteiger partial charge in [-0.25, -0.2) is 9.37 Å². The van der Waals surface area contributed by atoms with Gasteiger partial charge in [0.1, 0.15) is 17.4 Å². The highest BCUT2D eigenvalue weighted by molar-refractivity contribution is 5.77. The van der Waals surface area contributed by atoms with Crippen LogP contribution in [0.4, 0.5) is 4.39 Å². The number of aromatic nitrogens is 2. The van der Waals surface area contributed by atoms with Crippen molar-refractivity contribution in [3.8, 4) is 5.75 Å². The maximum Gasteiger partial charge on any atom is 0.258 e. The lowest BCUT2D eigenvalue weighted by atomic mass is 9.92. The van der Waals surface area contributed by atoms with Gasteiger partial charge in [-0.15, -0.1) is 0 Å². The molecule has 1 aliphatic rings. The van der Waals surface area contributed by atoms with Gasteiger partial charge in [-0.2, -0.15) is 0 Å². The minimum absolute atomic E-state index is 0.0195. The van der Waals surface area contributed by atoms with Gasteiger partial charge in [0.25, 0.3) is 5.56 Å². The number of aryl methyl sites for hydroxylation is 1. The van der Waals surface area contributed by atoms with Crippen LogP contribution in [0.1, 0.15) is 44.3 Å². The number of nitrogens with zero attached hydrogens (tertiary/aromatic N) is 1. The van der Waals surface area contributed by atoms with Crippen LogP contribution in [0.5, 0.6) is 5.75 Å². The molecule has 0 radical (unpaired) electrons. The van der Waals surface area contributed by atoms with Crippen LogP contribution in [0.25, 0.3) is 10.9 Å². The third kappa shape index (κ3) is 5.69. The zero-order valence-electron chi connectivity index (χ0n) is 17.3. The minimum Gasteiger partial charge on any atom is -0.490 e. The number of hydrogen-bond acceptors (Lipinski definition) is 4. The van der Waals surface area contributed by atoms with Gasteiger partial charge in [0.05, 0.1) is 17.0 Å². The van der Waals surface area contributed by atoms with Gasteiger partial charge in [-0.1, -0.05) is 12.1 Å². The summed E-state index contributed by atoms with van der Waals surface area (Å²) >= 11 is 0. The first kappa shape index (κ1) is 21.0. The van der Waals surface area contributed by atoms with Gasteiger partial charge < -0.3 is 15.0 Å². The van der Waals surface area contributed by atoms with E-state index in [1.807, 2.05) is 18.2 Å². The monoisotopic (exact) mass is 423 g/mol. The van der Waals surface area contributed by atoms with E-state index < -0.39 is 0 Å². The van der Waals surface area contributed by atoms with Gasteiger partial charge in [0.15, 0.2) is 0 Å². The Bertz CT molecular complexity index is 1090. The lowest BCUT2D eigenvalue weighted by Crippen LogP contribution is -2.39. The van der Waals surface area contributed by atoms with Crippen LogP contribution in [0, 0.1) is 5.82 Å². The highest BCUT2D eigenvalue weighted by atomic mass is 19.1. The molecule has 0 atom stereocenters. The van der Waals surface area contributed by atoms with E-state index in [4.69, 9.17) is 4.74 Å². The lowest BCUT2D eigenvalue weighted by molar-refractivity contribution is -0.122. The van der Waals surface area contributed by atoms with E-state index in [9.17, 15) is 14.0 Å². The molecule has 0 spiro atoms. The zero-order valence-corrected chi connectivity index (χ0v) is 17.3. The maximum absolute atomic E-state index is 13.0. The summed E-state index contributed by atoms with van der Waals surface area (Å²) < 4.78 is 18.9. The topological polar surface area (TPSA) is 84.1 Å². The van der Waals surface area contributed by atoms with Crippen molar-refractivity contribution in [1.29, 1.82) is 0 Å². The first-order valence-corrected chi connectivity index (χ1v) is 10.8. The standard InChI is InChI=1S/C24H26FN3O3/c25-16-8-12-18(13-9-16)31-19-14-10-17(11-15-19)26-23(29)7-3-6-22-27-21-5-2-1-4-20(21)24(30)28-22/h1-2,4-5,8-9,12-13,17,19H,3,6-7,10-11,14-15H2,(H,26,29)(H,27,28,30). The van der Waals surface area contributed by atoms with E-state index in [0.717, 1.165) is 25.7 Å². The van der Waals surface area contributed by atoms with Gasteiger partial charge in [-0.3, -0.25) is 9.59 Å². The molecule has 0 saturated heterocycles. The number of ether oxygens (including phenoxy) is 1. The number of amides is 1.